The summed E-state index contributed by atoms with van der Waals surface area (Å²) in [6.45, 7) is 6.42. The van der Waals surface area contributed by atoms with Gasteiger partial charge in [-0.2, -0.15) is 5.10 Å². The van der Waals surface area contributed by atoms with Crippen LogP contribution >= 0.6 is 15.9 Å². The summed E-state index contributed by atoms with van der Waals surface area (Å²) in [6, 6.07) is 24.8. The first kappa shape index (κ1) is 46.4. The first-order chi connectivity index (χ1) is 32.9. The van der Waals surface area contributed by atoms with Gasteiger partial charge in [0.15, 0.2) is 11.6 Å². The number of ether oxygens (including phenoxy) is 3. The Morgan fingerprint density at radius 1 is 0.868 bits per heavy atom. The van der Waals surface area contributed by atoms with Crippen molar-refractivity contribution in [2.45, 2.75) is 71.0 Å². The fourth-order valence-corrected chi connectivity index (χ4v) is 9.69. The number of carbonyl (C=O) groups excluding carboxylic acids is 5. The van der Waals surface area contributed by atoms with Crippen molar-refractivity contribution in [3.05, 3.63) is 124 Å². The molecule has 17 heteroatoms. The van der Waals surface area contributed by atoms with Crippen molar-refractivity contribution in [1.82, 2.24) is 34.9 Å². The van der Waals surface area contributed by atoms with Crippen LogP contribution in [-0.2, 0) is 41.6 Å². The molecule has 3 aliphatic rings. The number of benzene rings is 3. The number of hydrogen-bond donors (Lipinski definition) is 2. The number of hydrogen-bond acceptors (Lipinski definition) is 12. The van der Waals surface area contributed by atoms with Crippen LogP contribution in [0.5, 0.6) is 0 Å². The normalized spacial score (nSPS) is 17.9. The van der Waals surface area contributed by atoms with Crippen LogP contribution in [0.2, 0.25) is 0 Å². The average Bonchev–Trinajstić information content (AvgIpc) is 3.56. The standard InChI is InChI=1S/C51H51BrN8O8/c1-30-12-16-44(52)56-48(30)57-49(64)42-23-51(3)24-43(51)60(42)46(63)27-59-41-15-13-32(22-39(41)47(58-59)31(2)61)33-25-54-45(55-26-33)17-14-34(62)28-67-21-20-66-19-18-53-50(65)68-29-40-37-10-6-4-8-35(37)36-9-5-7-11-38(36)40/h4-13,15-16,22,25-26,40,42-43H,14,17-21,23-24,27-29H2,1-3H3,(H,53,65)(H,56,57,64)/t42-,43+,51-/m0/s1. The first-order valence-electron chi connectivity index (χ1n) is 22.7. The van der Waals surface area contributed by atoms with Gasteiger partial charge in [-0.05, 0) is 92.7 Å². The second kappa shape index (κ2) is 19.9. The highest BCUT2D eigenvalue weighted by molar-refractivity contribution is 9.10. The number of Topliss-reactive ketones (excluding diaryl/α,β-unsaturated/α-hetero) is 2. The van der Waals surface area contributed by atoms with E-state index in [1.165, 1.54) is 22.7 Å². The highest BCUT2D eigenvalue weighted by Gasteiger charge is 2.64. The second-order valence-electron chi connectivity index (χ2n) is 17.8. The molecule has 3 atom stereocenters. The van der Waals surface area contributed by atoms with Gasteiger partial charge in [-0.1, -0.05) is 67.6 Å². The van der Waals surface area contributed by atoms with Gasteiger partial charge in [-0.15, -0.1) is 0 Å². The molecule has 0 unspecified atom stereocenters. The molecule has 3 amide bonds. The maximum absolute atomic E-state index is 14.0. The van der Waals surface area contributed by atoms with Gasteiger partial charge in [-0.3, -0.25) is 23.9 Å². The van der Waals surface area contributed by atoms with Crippen molar-refractivity contribution in [3.63, 3.8) is 0 Å². The van der Waals surface area contributed by atoms with E-state index >= 15 is 0 Å². The number of nitrogens with one attached hydrogen (secondary N) is 2. The highest BCUT2D eigenvalue weighted by atomic mass is 79.9. The Morgan fingerprint density at radius 3 is 2.32 bits per heavy atom. The number of ketones is 2. The molecule has 2 fully saturated rings. The molecule has 0 bridgehead atoms. The molecule has 1 saturated heterocycles. The summed E-state index contributed by atoms with van der Waals surface area (Å²) < 4.78 is 18.7. The van der Waals surface area contributed by atoms with E-state index < -0.39 is 12.1 Å². The second-order valence-corrected chi connectivity index (χ2v) is 18.6. The number of nitrogens with zero attached hydrogens (tertiary/aromatic N) is 6. The zero-order chi connectivity index (χ0) is 47.5. The molecular formula is C51H51BrN8O8. The third kappa shape index (κ3) is 9.96. The lowest BCUT2D eigenvalue weighted by Crippen LogP contribution is -2.47. The Labute approximate surface area is 401 Å². The monoisotopic (exact) mass is 982 g/mol. The maximum Gasteiger partial charge on any atom is 0.407 e. The predicted molar refractivity (Wildman–Crippen MR) is 256 cm³/mol. The molecule has 3 aromatic carbocycles. The minimum absolute atomic E-state index is 0.0132. The minimum Gasteiger partial charge on any atom is -0.449 e. The molecular weight excluding hydrogens is 933 g/mol. The fraction of sp³-hybridized carbons (Fsp3) is 0.353. The lowest BCUT2D eigenvalue weighted by molar-refractivity contribution is -0.138. The Kier molecular flexibility index (Phi) is 13.6. The van der Waals surface area contributed by atoms with E-state index in [0.717, 1.165) is 28.7 Å². The summed E-state index contributed by atoms with van der Waals surface area (Å²) in [5.74, 6) is 0.0267. The summed E-state index contributed by atoms with van der Waals surface area (Å²) in [5, 5.41) is 10.8. The zero-order valence-corrected chi connectivity index (χ0v) is 39.6. The Hall–Kier alpha value is -6.69. The topological polar surface area (TPSA) is 197 Å². The van der Waals surface area contributed by atoms with Gasteiger partial charge in [0.05, 0.1) is 25.3 Å². The number of aromatic nitrogens is 5. The third-order valence-electron chi connectivity index (χ3n) is 13.1. The number of aryl methyl sites for hydroxylation is 2. The zero-order valence-electron chi connectivity index (χ0n) is 38.0. The van der Waals surface area contributed by atoms with Gasteiger partial charge in [0.25, 0.3) is 0 Å². The van der Waals surface area contributed by atoms with E-state index in [9.17, 15) is 24.0 Å². The molecule has 350 valence electrons. The summed E-state index contributed by atoms with van der Waals surface area (Å²) in [4.78, 5) is 80.5. The van der Waals surface area contributed by atoms with Gasteiger partial charge in [-0.25, -0.2) is 19.7 Å². The summed E-state index contributed by atoms with van der Waals surface area (Å²) in [5.41, 5.74) is 7.59. The fourth-order valence-electron chi connectivity index (χ4n) is 9.38. The van der Waals surface area contributed by atoms with E-state index in [0.29, 0.717) is 45.6 Å². The molecule has 1 saturated carbocycles. The molecule has 1 aliphatic heterocycles. The van der Waals surface area contributed by atoms with Crippen molar-refractivity contribution in [2.75, 3.05) is 44.9 Å². The largest absolute Gasteiger partial charge is 0.449 e. The molecule has 3 aromatic heterocycles. The van der Waals surface area contributed by atoms with E-state index in [2.05, 4.69) is 77.8 Å². The van der Waals surface area contributed by atoms with E-state index in [4.69, 9.17) is 14.2 Å². The molecule has 4 heterocycles. The number of pyridine rings is 1. The molecule has 6 aromatic rings. The number of rotatable bonds is 19. The third-order valence-corrected chi connectivity index (χ3v) is 13.5. The molecule has 0 spiro atoms. The molecule has 0 radical (unpaired) electrons. The van der Waals surface area contributed by atoms with Crippen LogP contribution in [0.15, 0.2) is 95.9 Å². The number of likely N-dealkylation sites (tertiary alicyclic amines) is 1. The number of alkyl carbamates (subject to hydrolysis) is 1. The number of amides is 3. The Morgan fingerprint density at radius 2 is 1.59 bits per heavy atom. The average molecular weight is 984 g/mol. The lowest BCUT2D eigenvalue weighted by atomic mass is 9.98. The van der Waals surface area contributed by atoms with Gasteiger partial charge in [0, 0.05) is 61.6 Å². The van der Waals surface area contributed by atoms with Gasteiger partial charge in [0.2, 0.25) is 11.8 Å². The number of carbonyl (C=O) groups is 5. The van der Waals surface area contributed by atoms with Gasteiger partial charge < -0.3 is 29.7 Å². The predicted octanol–water partition coefficient (Wildman–Crippen LogP) is 7.25. The number of piperidine rings is 1. The highest BCUT2D eigenvalue weighted by Crippen LogP contribution is 2.59. The van der Waals surface area contributed by atoms with E-state index in [1.807, 2.05) is 55.5 Å². The molecule has 68 heavy (non-hydrogen) atoms. The van der Waals surface area contributed by atoms with Crippen molar-refractivity contribution in [3.8, 4) is 22.3 Å². The molecule has 16 nitrogen and oxygen atoms in total. The lowest BCUT2D eigenvalue weighted by Gasteiger charge is -2.27. The van der Waals surface area contributed by atoms with Crippen LogP contribution in [-0.4, -0.2) is 111 Å². The Balaban J connectivity index is 0.705. The van der Waals surface area contributed by atoms with Crippen molar-refractivity contribution >= 4 is 62.1 Å². The maximum atomic E-state index is 14.0. The van der Waals surface area contributed by atoms with Crippen LogP contribution in [0.1, 0.15) is 72.0 Å². The van der Waals surface area contributed by atoms with Crippen LogP contribution in [0.4, 0.5) is 10.6 Å². The number of fused-ring (bicyclic) bond motifs is 5. The Bertz CT molecular complexity index is 2880. The molecule has 2 aliphatic carbocycles. The van der Waals surface area contributed by atoms with Crippen LogP contribution in [0.3, 0.4) is 0 Å². The van der Waals surface area contributed by atoms with Gasteiger partial charge in [0.1, 0.15) is 47.7 Å². The van der Waals surface area contributed by atoms with Crippen molar-refractivity contribution < 1.29 is 38.2 Å². The van der Waals surface area contributed by atoms with E-state index in [1.54, 1.807) is 23.4 Å². The first-order valence-corrected chi connectivity index (χ1v) is 23.5. The van der Waals surface area contributed by atoms with Gasteiger partial charge >= 0.3 is 6.09 Å². The summed E-state index contributed by atoms with van der Waals surface area (Å²) in [6.07, 6.45) is 4.71. The minimum atomic E-state index is -0.667. The quantitative estimate of drug-likeness (QED) is 0.0469. The van der Waals surface area contributed by atoms with Crippen LogP contribution < -0.4 is 10.6 Å². The number of halogens is 1. The SMILES string of the molecule is CC(=O)c1nn(CC(=O)N2[C@H](C(=O)Nc3nc(Br)ccc3C)C[C@@]3(C)C[C@@H]23)c2ccc(-c3cnc(CCC(=O)COCCOCCNC(=O)OCC4c5ccccc5-c5ccccc54)nc3)cc12. The molecule has 2 N–H and O–H groups in total. The summed E-state index contributed by atoms with van der Waals surface area (Å²) in [7, 11) is 0. The molecule has 9 rings (SSSR count). The smallest absolute Gasteiger partial charge is 0.407 e. The number of anilines is 1. The van der Waals surface area contributed by atoms with Crippen molar-refractivity contribution in [1.29, 1.82) is 0 Å². The van der Waals surface area contributed by atoms with Crippen LogP contribution in [0.25, 0.3) is 33.2 Å². The van der Waals surface area contributed by atoms with Crippen LogP contribution in [0, 0.1) is 12.3 Å². The van der Waals surface area contributed by atoms with E-state index in [-0.39, 0.29) is 99.0 Å². The van der Waals surface area contributed by atoms with Crippen molar-refractivity contribution in [2.24, 2.45) is 5.41 Å². The summed E-state index contributed by atoms with van der Waals surface area (Å²) >= 11 is 3.36.